The second-order valence-electron chi connectivity index (χ2n) is 3.49. The molecule has 0 aromatic carbocycles. The second kappa shape index (κ2) is 5.70. The van der Waals surface area contributed by atoms with Crippen LogP contribution >= 0.6 is 0 Å². The highest BCUT2D eigenvalue weighted by Crippen LogP contribution is 2.18. The lowest BCUT2D eigenvalue weighted by atomic mass is 10.1. The van der Waals surface area contributed by atoms with Crippen molar-refractivity contribution in [2.45, 2.75) is 26.9 Å². The molecule has 0 aliphatic rings. The lowest BCUT2D eigenvalue weighted by molar-refractivity contribution is -0.158. The Kier molecular flexibility index (Phi) is 5.18. The quantitative estimate of drug-likeness (QED) is 0.777. The molecule has 0 aromatic rings. The predicted octanol–water partition coefficient (Wildman–Crippen LogP) is 1.82. The van der Waals surface area contributed by atoms with Gasteiger partial charge in [-0.15, -0.1) is 0 Å². The standard InChI is InChI=1S/C10H14F3NO3/c1-4-14(5-10(11,12)13)8(15)6(2)7(3)9(16)17/h4-5H2,1-3H3,(H,16,17). The fourth-order valence-electron chi connectivity index (χ4n) is 1.10. The molecule has 1 N–H and O–H groups in total. The van der Waals surface area contributed by atoms with Crippen molar-refractivity contribution in [3.63, 3.8) is 0 Å². The molecule has 0 bridgehead atoms. The fourth-order valence-corrected chi connectivity index (χ4v) is 1.10. The average molecular weight is 253 g/mol. The van der Waals surface area contributed by atoms with E-state index in [1.165, 1.54) is 20.8 Å². The van der Waals surface area contributed by atoms with E-state index in [2.05, 4.69) is 0 Å². The number of carboxylic acids is 1. The molecular weight excluding hydrogens is 239 g/mol. The molecule has 0 unspecified atom stereocenters. The molecule has 4 nitrogen and oxygen atoms in total. The Hall–Kier alpha value is -1.53. The van der Waals surface area contributed by atoms with E-state index in [0.717, 1.165) is 0 Å². The Balaban J connectivity index is 5.01. The molecule has 0 rings (SSSR count). The summed E-state index contributed by atoms with van der Waals surface area (Å²) in [6, 6.07) is 0. The maximum absolute atomic E-state index is 12.1. The first-order chi connectivity index (χ1) is 7.60. The number of hydrogen-bond donors (Lipinski definition) is 1. The Morgan fingerprint density at radius 3 is 1.94 bits per heavy atom. The summed E-state index contributed by atoms with van der Waals surface area (Å²) in [6.07, 6.45) is -4.50. The lowest BCUT2D eigenvalue weighted by Crippen LogP contribution is -2.39. The summed E-state index contributed by atoms with van der Waals surface area (Å²) >= 11 is 0. The highest BCUT2D eigenvalue weighted by molar-refractivity contribution is 6.01. The zero-order valence-electron chi connectivity index (χ0n) is 9.76. The van der Waals surface area contributed by atoms with Crippen LogP contribution in [0.5, 0.6) is 0 Å². The number of nitrogens with zero attached hydrogens (tertiary/aromatic N) is 1. The van der Waals surface area contributed by atoms with Crippen LogP contribution in [0.1, 0.15) is 20.8 Å². The maximum atomic E-state index is 12.1. The minimum absolute atomic E-state index is 0.136. The van der Waals surface area contributed by atoms with Gasteiger partial charge in [0.05, 0.1) is 0 Å². The Bertz CT molecular complexity index is 347. The summed E-state index contributed by atoms with van der Waals surface area (Å²) < 4.78 is 36.4. The summed E-state index contributed by atoms with van der Waals surface area (Å²) in [5.41, 5.74) is -0.445. The zero-order chi connectivity index (χ0) is 13.8. The smallest absolute Gasteiger partial charge is 0.406 e. The van der Waals surface area contributed by atoms with Crippen LogP contribution in [0.4, 0.5) is 13.2 Å². The molecule has 1 amide bonds. The first-order valence-electron chi connectivity index (χ1n) is 4.87. The molecule has 0 aliphatic carbocycles. The molecule has 7 heteroatoms. The highest BCUT2D eigenvalue weighted by atomic mass is 19.4. The van der Waals surface area contributed by atoms with Gasteiger partial charge in [-0.1, -0.05) is 0 Å². The van der Waals surface area contributed by atoms with E-state index in [9.17, 15) is 22.8 Å². The molecule has 17 heavy (non-hydrogen) atoms. The van der Waals surface area contributed by atoms with E-state index in [1.54, 1.807) is 0 Å². The van der Waals surface area contributed by atoms with Gasteiger partial charge in [0.1, 0.15) is 6.54 Å². The molecule has 0 heterocycles. The van der Waals surface area contributed by atoms with Crippen LogP contribution in [-0.4, -0.2) is 41.1 Å². The van der Waals surface area contributed by atoms with Crippen LogP contribution in [0.2, 0.25) is 0 Å². The minimum Gasteiger partial charge on any atom is -0.478 e. The van der Waals surface area contributed by atoms with Crippen LogP contribution in [0, 0.1) is 0 Å². The Labute approximate surface area is 96.7 Å². The number of alkyl halides is 3. The first-order valence-corrected chi connectivity index (χ1v) is 4.87. The zero-order valence-corrected chi connectivity index (χ0v) is 9.76. The molecule has 0 radical (unpaired) electrons. The van der Waals surface area contributed by atoms with Crippen LogP contribution in [-0.2, 0) is 9.59 Å². The fraction of sp³-hybridized carbons (Fsp3) is 0.600. The Morgan fingerprint density at radius 1 is 1.18 bits per heavy atom. The SMILES string of the molecule is CCN(CC(F)(F)F)C(=O)C(C)=C(C)C(=O)O. The summed E-state index contributed by atoms with van der Waals surface area (Å²) in [5.74, 6) is -2.23. The van der Waals surface area contributed by atoms with Crippen molar-refractivity contribution in [2.24, 2.45) is 0 Å². The molecule has 0 atom stereocenters. The lowest BCUT2D eigenvalue weighted by Gasteiger charge is -2.23. The van der Waals surface area contributed by atoms with Crippen molar-refractivity contribution in [1.82, 2.24) is 4.90 Å². The number of carboxylic acid groups (broad SMARTS) is 1. The van der Waals surface area contributed by atoms with Gasteiger partial charge in [0.2, 0.25) is 5.91 Å². The summed E-state index contributed by atoms with van der Waals surface area (Å²) in [4.78, 5) is 22.8. The van der Waals surface area contributed by atoms with E-state index in [-0.39, 0.29) is 17.7 Å². The van der Waals surface area contributed by atoms with Gasteiger partial charge in [-0.3, -0.25) is 4.79 Å². The molecule has 0 saturated heterocycles. The number of amides is 1. The van der Waals surface area contributed by atoms with Gasteiger partial charge in [0, 0.05) is 17.7 Å². The predicted molar refractivity (Wildman–Crippen MR) is 54.3 cm³/mol. The van der Waals surface area contributed by atoms with Gasteiger partial charge < -0.3 is 10.0 Å². The van der Waals surface area contributed by atoms with Crippen LogP contribution in [0.25, 0.3) is 0 Å². The molecule has 0 aromatic heterocycles. The number of halogens is 3. The van der Waals surface area contributed by atoms with Crippen molar-refractivity contribution in [3.8, 4) is 0 Å². The first kappa shape index (κ1) is 15.5. The van der Waals surface area contributed by atoms with Crippen LogP contribution in [0.15, 0.2) is 11.1 Å². The van der Waals surface area contributed by atoms with Crippen LogP contribution in [0.3, 0.4) is 0 Å². The van der Waals surface area contributed by atoms with E-state index >= 15 is 0 Å². The molecule has 0 fully saturated rings. The number of hydrogen-bond acceptors (Lipinski definition) is 2. The average Bonchev–Trinajstić information content (AvgIpc) is 2.21. The minimum atomic E-state index is -4.50. The Morgan fingerprint density at radius 2 is 1.65 bits per heavy atom. The van der Waals surface area contributed by atoms with Gasteiger partial charge in [0.25, 0.3) is 0 Å². The summed E-state index contributed by atoms with van der Waals surface area (Å²) in [6.45, 7) is 2.25. The maximum Gasteiger partial charge on any atom is 0.406 e. The number of carbonyl (C=O) groups is 2. The largest absolute Gasteiger partial charge is 0.478 e. The van der Waals surface area contributed by atoms with Crippen molar-refractivity contribution in [3.05, 3.63) is 11.1 Å². The number of aliphatic carboxylic acids is 1. The van der Waals surface area contributed by atoms with Gasteiger partial charge in [0.15, 0.2) is 0 Å². The van der Waals surface area contributed by atoms with Crippen molar-refractivity contribution in [2.75, 3.05) is 13.1 Å². The molecule has 0 spiro atoms. The van der Waals surface area contributed by atoms with E-state index in [4.69, 9.17) is 5.11 Å². The molecular formula is C10H14F3NO3. The van der Waals surface area contributed by atoms with Gasteiger partial charge >= 0.3 is 12.1 Å². The monoisotopic (exact) mass is 253 g/mol. The molecule has 0 aliphatic heterocycles. The molecule has 0 saturated carbocycles. The van der Waals surface area contributed by atoms with E-state index < -0.39 is 24.6 Å². The van der Waals surface area contributed by atoms with Crippen molar-refractivity contribution in [1.29, 1.82) is 0 Å². The third-order valence-electron chi connectivity index (χ3n) is 2.24. The number of likely N-dealkylation sites (N-methyl/N-ethyl adjacent to an activating group) is 1. The second-order valence-corrected chi connectivity index (χ2v) is 3.49. The topological polar surface area (TPSA) is 57.6 Å². The normalized spacial score (nSPS) is 13.1. The third kappa shape index (κ3) is 4.88. The van der Waals surface area contributed by atoms with E-state index in [0.29, 0.717) is 4.90 Å². The summed E-state index contributed by atoms with van der Waals surface area (Å²) in [7, 11) is 0. The van der Waals surface area contributed by atoms with Crippen molar-refractivity contribution < 1.29 is 27.9 Å². The van der Waals surface area contributed by atoms with Crippen LogP contribution < -0.4 is 0 Å². The van der Waals surface area contributed by atoms with Crippen molar-refractivity contribution >= 4 is 11.9 Å². The van der Waals surface area contributed by atoms with Gasteiger partial charge in [-0.2, -0.15) is 13.2 Å². The molecule has 98 valence electrons. The van der Waals surface area contributed by atoms with E-state index in [1.807, 2.05) is 0 Å². The van der Waals surface area contributed by atoms with Gasteiger partial charge in [-0.05, 0) is 20.8 Å². The summed E-state index contributed by atoms with van der Waals surface area (Å²) in [5, 5.41) is 8.64. The highest BCUT2D eigenvalue weighted by Gasteiger charge is 2.33. The van der Waals surface area contributed by atoms with Gasteiger partial charge in [-0.25, -0.2) is 4.79 Å². The third-order valence-corrected chi connectivity index (χ3v) is 2.24. The number of carbonyl (C=O) groups excluding carboxylic acids is 1. The number of rotatable bonds is 4.